The Labute approximate surface area is 119 Å². The van der Waals surface area contributed by atoms with E-state index in [2.05, 4.69) is 5.32 Å². The maximum atomic E-state index is 12.6. The second kappa shape index (κ2) is 5.94. The predicted molar refractivity (Wildman–Crippen MR) is 78.3 cm³/mol. The molecule has 0 spiro atoms. The van der Waals surface area contributed by atoms with Crippen LogP contribution >= 0.6 is 0 Å². The third-order valence-corrected chi connectivity index (χ3v) is 3.84. The van der Waals surface area contributed by atoms with Gasteiger partial charge in [0.05, 0.1) is 0 Å². The number of likely N-dealkylation sites (N-methyl/N-ethyl adjacent to an activating group) is 1. The van der Waals surface area contributed by atoms with E-state index < -0.39 is 0 Å². The third kappa shape index (κ3) is 2.76. The highest BCUT2D eigenvalue weighted by Crippen LogP contribution is 2.21. The van der Waals surface area contributed by atoms with E-state index in [0.29, 0.717) is 24.2 Å². The van der Waals surface area contributed by atoms with Crippen LogP contribution in [0.5, 0.6) is 0 Å². The van der Waals surface area contributed by atoms with Gasteiger partial charge in [-0.2, -0.15) is 0 Å². The van der Waals surface area contributed by atoms with Crippen LogP contribution in [0.4, 0.5) is 5.69 Å². The molecule has 0 aromatic heterocycles. The van der Waals surface area contributed by atoms with Crippen molar-refractivity contribution in [2.75, 3.05) is 19.3 Å². The first kappa shape index (κ1) is 14.4. The van der Waals surface area contributed by atoms with Crippen LogP contribution in [0.2, 0.25) is 0 Å². The lowest BCUT2D eigenvalue weighted by Gasteiger charge is -2.34. The van der Waals surface area contributed by atoms with Crippen molar-refractivity contribution in [3.8, 4) is 0 Å². The lowest BCUT2D eigenvalue weighted by molar-refractivity contribution is -0.126. The first-order chi connectivity index (χ1) is 9.54. The van der Waals surface area contributed by atoms with Crippen molar-refractivity contribution in [1.29, 1.82) is 0 Å². The summed E-state index contributed by atoms with van der Waals surface area (Å²) in [6.07, 6.45) is 2.62. The number of likely N-dealkylation sites (tertiary alicyclic amines) is 1. The number of hydrogen-bond acceptors (Lipinski definition) is 3. The van der Waals surface area contributed by atoms with Gasteiger partial charge in [-0.05, 0) is 43.9 Å². The number of nitrogen functional groups attached to an aromatic ring is 1. The maximum Gasteiger partial charge on any atom is 0.254 e. The zero-order valence-electron chi connectivity index (χ0n) is 12.0. The number of piperidine rings is 1. The summed E-state index contributed by atoms with van der Waals surface area (Å²) in [5, 5.41) is 2.63. The maximum absolute atomic E-state index is 12.6. The molecule has 0 saturated carbocycles. The fourth-order valence-corrected chi connectivity index (χ4v) is 2.55. The van der Waals surface area contributed by atoms with Gasteiger partial charge < -0.3 is 16.0 Å². The average molecular weight is 275 g/mol. The molecule has 1 heterocycles. The Bertz CT molecular complexity index is 528. The Morgan fingerprint density at radius 2 is 2.10 bits per heavy atom. The molecule has 2 rings (SSSR count). The molecule has 3 N–H and O–H groups in total. The molecule has 1 unspecified atom stereocenters. The fraction of sp³-hybridized carbons (Fsp3) is 0.467. The van der Waals surface area contributed by atoms with E-state index in [4.69, 9.17) is 5.73 Å². The molecule has 20 heavy (non-hydrogen) atoms. The molecule has 1 aliphatic rings. The smallest absolute Gasteiger partial charge is 0.254 e. The standard InChI is InChI=1S/C15H21N3O2/c1-10-6-7-11(9-12(10)16)15(20)18-8-4-3-5-13(18)14(19)17-2/h6-7,9,13H,3-5,8,16H2,1-2H3,(H,17,19). The Hall–Kier alpha value is -2.04. The van der Waals surface area contributed by atoms with Crippen LogP contribution in [-0.4, -0.2) is 36.3 Å². The average Bonchev–Trinajstić information content (AvgIpc) is 2.48. The quantitative estimate of drug-likeness (QED) is 0.799. The number of amides is 2. The highest BCUT2D eigenvalue weighted by Gasteiger charge is 2.32. The molecule has 5 heteroatoms. The Morgan fingerprint density at radius 3 is 2.75 bits per heavy atom. The van der Waals surface area contributed by atoms with Gasteiger partial charge in [-0.15, -0.1) is 0 Å². The molecule has 1 aromatic rings. The van der Waals surface area contributed by atoms with Gasteiger partial charge in [0.15, 0.2) is 0 Å². The number of rotatable bonds is 2. The molecule has 0 radical (unpaired) electrons. The second-order valence-corrected chi connectivity index (χ2v) is 5.20. The highest BCUT2D eigenvalue weighted by molar-refractivity contribution is 5.98. The fourth-order valence-electron chi connectivity index (χ4n) is 2.55. The first-order valence-electron chi connectivity index (χ1n) is 6.93. The van der Waals surface area contributed by atoms with Crippen LogP contribution in [0.25, 0.3) is 0 Å². The summed E-state index contributed by atoms with van der Waals surface area (Å²) in [5.74, 6) is -0.219. The van der Waals surface area contributed by atoms with Gasteiger partial charge in [-0.3, -0.25) is 9.59 Å². The number of aryl methyl sites for hydroxylation is 1. The minimum atomic E-state index is -0.372. The summed E-state index contributed by atoms with van der Waals surface area (Å²) >= 11 is 0. The van der Waals surface area contributed by atoms with Crippen molar-refractivity contribution >= 4 is 17.5 Å². The molecule has 1 saturated heterocycles. The van der Waals surface area contributed by atoms with Crippen LogP contribution in [0.1, 0.15) is 35.2 Å². The Morgan fingerprint density at radius 1 is 1.35 bits per heavy atom. The van der Waals surface area contributed by atoms with Gasteiger partial charge in [0.25, 0.3) is 5.91 Å². The minimum absolute atomic E-state index is 0.0990. The van der Waals surface area contributed by atoms with Gasteiger partial charge in [0.1, 0.15) is 6.04 Å². The molecule has 0 bridgehead atoms. The van der Waals surface area contributed by atoms with Crippen molar-refractivity contribution < 1.29 is 9.59 Å². The summed E-state index contributed by atoms with van der Waals surface area (Å²) < 4.78 is 0. The van der Waals surface area contributed by atoms with Crippen molar-refractivity contribution in [3.63, 3.8) is 0 Å². The molecule has 1 atom stereocenters. The molecular formula is C15H21N3O2. The normalized spacial score (nSPS) is 18.7. The number of nitrogens with two attached hydrogens (primary N) is 1. The number of nitrogens with one attached hydrogen (secondary N) is 1. The SMILES string of the molecule is CNC(=O)C1CCCCN1C(=O)c1ccc(C)c(N)c1. The number of hydrogen-bond donors (Lipinski definition) is 2. The van der Waals surface area contributed by atoms with Crippen molar-refractivity contribution in [2.24, 2.45) is 0 Å². The first-order valence-corrected chi connectivity index (χ1v) is 6.93. The summed E-state index contributed by atoms with van der Waals surface area (Å²) in [4.78, 5) is 26.1. The van der Waals surface area contributed by atoms with Gasteiger partial charge in [0.2, 0.25) is 5.91 Å². The van der Waals surface area contributed by atoms with E-state index in [0.717, 1.165) is 18.4 Å². The molecule has 108 valence electrons. The van der Waals surface area contributed by atoms with Gasteiger partial charge >= 0.3 is 0 Å². The van der Waals surface area contributed by atoms with E-state index in [1.807, 2.05) is 13.0 Å². The molecule has 1 aliphatic heterocycles. The minimum Gasteiger partial charge on any atom is -0.398 e. The number of carbonyl (C=O) groups excluding carboxylic acids is 2. The van der Waals surface area contributed by atoms with E-state index in [-0.39, 0.29) is 17.9 Å². The van der Waals surface area contributed by atoms with Crippen LogP contribution in [-0.2, 0) is 4.79 Å². The van der Waals surface area contributed by atoms with Crippen LogP contribution in [0.15, 0.2) is 18.2 Å². The lowest BCUT2D eigenvalue weighted by Crippen LogP contribution is -2.51. The highest BCUT2D eigenvalue weighted by atomic mass is 16.2. The van der Waals surface area contributed by atoms with Crippen molar-refractivity contribution in [3.05, 3.63) is 29.3 Å². The van der Waals surface area contributed by atoms with Gasteiger partial charge in [-0.1, -0.05) is 6.07 Å². The summed E-state index contributed by atoms with van der Waals surface area (Å²) in [6, 6.07) is 4.92. The molecule has 2 amide bonds. The number of benzene rings is 1. The Balaban J connectivity index is 2.25. The summed E-state index contributed by atoms with van der Waals surface area (Å²) in [5.41, 5.74) is 7.95. The van der Waals surface area contributed by atoms with Crippen molar-refractivity contribution in [2.45, 2.75) is 32.2 Å². The monoisotopic (exact) mass is 275 g/mol. The largest absolute Gasteiger partial charge is 0.398 e. The van der Waals surface area contributed by atoms with E-state index in [1.54, 1.807) is 24.1 Å². The van der Waals surface area contributed by atoms with E-state index >= 15 is 0 Å². The second-order valence-electron chi connectivity index (χ2n) is 5.20. The summed E-state index contributed by atoms with van der Waals surface area (Å²) in [6.45, 7) is 2.52. The molecule has 1 fully saturated rings. The molecule has 5 nitrogen and oxygen atoms in total. The van der Waals surface area contributed by atoms with Crippen LogP contribution < -0.4 is 11.1 Å². The molecule has 1 aromatic carbocycles. The van der Waals surface area contributed by atoms with Gasteiger partial charge in [-0.25, -0.2) is 0 Å². The lowest BCUT2D eigenvalue weighted by atomic mass is 9.99. The predicted octanol–water partition coefficient (Wildman–Crippen LogP) is 1.32. The number of nitrogens with zero attached hydrogens (tertiary/aromatic N) is 1. The topological polar surface area (TPSA) is 75.4 Å². The zero-order chi connectivity index (χ0) is 14.7. The summed E-state index contributed by atoms with van der Waals surface area (Å²) in [7, 11) is 1.60. The van der Waals surface area contributed by atoms with Crippen LogP contribution in [0, 0.1) is 6.92 Å². The van der Waals surface area contributed by atoms with E-state index in [1.165, 1.54) is 0 Å². The van der Waals surface area contributed by atoms with E-state index in [9.17, 15) is 9.59 Å². The number of carbonyl (C=O) groups is 2. The Kier molecular flexibility index (Phi) is 4.27. The number of anilines is 1. The zero-order valence-corrected chi connectivity index (χ0v) is 12.0. The molecule has 0 aliphatic carbocycles. The molecular weight excluding hydrogens is 254 g/mol. The third-order valence-electron chi connectivity index (χ3n) is 3.84. The van der Waals surface area contributed by atoms with Crippen LogP contribution in [0.3, 0.4) is 0 Å². The van der Waals surface area contributed by atoms with Gasteiger partial charge in [0, 0.05) is 24.8 Å². The van der Waals surface area contributed by atoms with Crippen molar-refractivity contribution in [1.82, 2.24) is 10.2 Å².